The van der Waals surface area contributed by atoms with Gasteiger partial charge in [-0.05, 0) is 30.3 Å². The van der Waals surface area contributed by atoms with Crippen molar-refractivity contribution < 1.29 is 23.7 Å². The second-order valence-corrected chi connectivity index (χ2v) is 5.92. The van der Waals surface area contributed by atoms with Crippen LogP contribution in [0.2, 0.25) is 0 Å². The Hall–Kier alpha value is -3.74. The van der Waals surface area contributed by atoms with E-state index in [0.717, 1.165) is 0 Å². The highest BCUT2D eigenvalue weighted by Crippen LogP contribution is 2.34. The summed E-state index contributed by atoms with van der Waals surface area (Å²) in [5.74, 6) is 2.27. The first-order valence-corrected chi connectivity index (χ1v) is 8.71. The molecule has 0 radical (unpaired) electrons. The molecule has 7 nitrogen and oxygen atoms in total. The Morgan fingerprint density at radius 3 is 2.61 bits per heavy atom. The third kappa shape index (κ3) is 3.68. The van der Waals surface area contributed by atoms with Crippen LogP contribution in [-0.2, 0) is 0 Å². The lowest BCUT2D eigenvalue weighted by molar-refractivity contribution is 0.101. The number of methoxy groups -OCH3 is 1. The van der Waals surface area contributed by atoms with Crippen molar-refractivity contribution in [2.24, 2.45) is 0 Å². The first-order chi connectivity index (χ1) is 13.7. The van der Waals surface area contributed by atoms with Crippen molar-refractivity contribution in [3.8, 4) is 28.9 Å². The summed E-state index contributed by atoms with van der Waals surface area (Å²) >= 11 is 0. The van der Waals surface area contributed by atoms with Gasteiger partial charge in [0.05, 0.1) is 24.6 Å². The largest absolute Gasteiger partial charge is 0.493 e. The molecular weight excluding hydrogens is 360 g/mol. The topological polar surface area (TPSA) is 78.9 Å². The van der Waals surface area contributed by atoms with E-state index in [1.165, 1.54) is 6.20 Å². The van der Waals surface area contributed by atoms with Gasteiger partial charge in [-0.2, -0.15) is 0 Å². The van der Waals surface area contributed by atoms with Crippen molar-refractivity contribution in [2.75, 3.05) is 25.6 Å². The second kappa shape index (κ2) is 7.87. The lowest BCUT2D eigenvalue weighted by Crippen LogP contribution is -2.20. The summed E-state index contributed by atoms with van der Waals surface area (Å²) < 4.78 is 22.1. The zero-order chi connectivity index (χ0) is 19.3. The van der Waals surface area contributed by atoms with Gasteiger partial charge in [-0.25, -0.2) is 4.98 Å². The molecule has 2 heterocycles. The Kier molecular flexibility index (Phi) is 4.97. The van der Waals surface area contributed by atoms with Gasteiger partial charge in [-0.3, -0.25) is 4.79 Å². The number of fused-ring (bicyclic) bond motifs is 1. The van der Waals surface area contributed by atoms with Crippen LogP contribution in [0.5, 0.6) is 28.9 Å². The van der Waals surface area contributed by atoms with E-state index in [0.29, 0.717) is 53.3 Å². The van der Waals surface area contributed by atoms with E-state index in [1.54, 1.807) is 49.6 Å². The van der Waals surface area contributed by atoms with Gasteiger partial charge < -0.3 is 24.3 Å². The highest BCUT2D eigenvalue weighted by atomic mass is 16.6. The van der Waals surface area contributed by atoms with Gasteiger partial charge in [0.25, 0.3) is 5.91 Å². The lowest BCUT2D eigenvalue weighted by atomic mass is 10.1. The molecule has 0 saturated heterocycles. The SMILES string of the molecule is COc1ccccc1Oc1ccc(NC(=O)c2cccc3c2OCCO3)cn1. The fourth-order valence-electron chi connectivity index (χ4n) is 2.78. The number of hydrogen-bond acceptors (Lipinski definition) is 6. The van der Waals surface area contributed by atoms with Gasteiger partial charge in [0.1, 0.15) is 13.2 Å². The third-order valence-electron chi connectivity index (χ3n) is 4.09. The maximum absolute atomic E-state index is 12.6. The fourth-order valence-corrected chi connectivity index (χ4v) is 2.78. The molecule has 1 amide bonds. The number of nitrogens with zero attached hydrogens (tertiary/aromatic N) is 1. The van der Waals surface area contributed by atoms with Crippen LogP contribution in [0.1, 0.15) is 10.4 Å². The Balaban J connectivity index is 1.47. The fraction of sp³-hybridized carbons (Fsp3) is 0.143. The molecule has 2 aromatic carbocycles. The van der Waals surface area contributed by atoms with Gasteiger partial charge >= 0.3 is 0 Å². The van der Waals surface area contributed by atoms with E-state index in [9.17, 15) is 4.79 Å². The van der Waals surface area contributed by atoms with Crippen molar-refractivity contribution >= 4 is 11.6 Å². The Morgan fingerprint density at radius 1 is 1.00 bits per heavy atom. The quantitative estimate of drug-likeness (QED) is 0.725. The number of rotatable bonds is 5. The predicted molar refractivity (Wildman–Crippen MR) is 103 cm³/mol. The number of nitrogens with one attached hydrogen (secondary N) is 1. The van der Waals surface area contributed by atoms with Crippen molar-refractivity contribution in [3.63, 3.8) is 0 Å². The first-order valence-electron chi connectivity index (χ1n) is 8.71. The highest BCUT2D eigenvalue weighted by molar-refractivity contribution is 6.06. The molecule has 1 N–H and O–H groups in total. The third-order valence-corrected chi connectivity index (χ3v) is 4.09. The van der Waals surface area contributed by atoms with Crippen molar-refractivity contribution in [1.82, 2.24) is 4.98 Å². The highest BCUT2D eigenvalue weighted by Gasteiger charge is 2.20. The molecule has 1 aliphatic rings. The minimum Gasteiger partial charge on any atom is -0.493 e. The molecule has 1 aromatic heterocycles. The van der Waals surface area contributed by atoms with Crippen molar-refractivity contribution in [2.45, 2.75) is 0 Å². The van der Waals surface area contributed by atoms with Crippen LogP contribution >= 0.6 is 0 Å². The molecule has 28 heavy (non-hydrogen) atoms. The van der Waals surface area contributed by atoms with Crippen LogP contribution in [0.3, 0.4) is 0 Å². The molecule has 7 heteroatoms. The summed E-state index contributed by atoms with van der Waals surface area (Å²) in [6, 6.07) is 15.9. The number of hydrogen-bond donors (Lipinski definition) is 1. The first kappa shape index (κ1) is 17.7. The standard InChI is InChI=1S/C21H18N2O5/c1-25-16-6-2-3-7-17(16)28-19-10-9-14(13-22-19)23-21(24)15-5-4-8-18-20(15)27-12-11-26-18/h2-10,13H,11-12H2,1H3,(H,23,24). The number of para-hydroxylation sites is 3. The number of ether oxygens (including phenoxy) is 4. The van der Waals surface area contributed by atoms with Crippen LogP contribution in [-0.4, -0.2) is 31.2 Å². The number of carbonyl (C=O) groups excluding carboxylic acids is 1. The summed E-state index contributed by atoms with van der Waals surface area (Å²) in [5.41, 5.74) is 0.943. The molecule has 3 aromatic rings. The van der Waals surface area contributed by atoms with Gasteiger partial charge in [0.15, 0.2) is 23.0 Å². The van der Waals surface area contributed by atoms with Crippen molar-refractivity contribution in [1.29, 1.82) is 0 Å². The number of benzene rings is 2. The minimum atomic E-state index is -0.303. The number of aromatic nitrogens is 1. The molecule has 0 spiro atoms. The summed E-state index contributed by atoms with van der Waals surface area (Å²) in [6.45, 7) is 0.878. The van der Waals surface area contributed by atoms with Crippen LogP contribution < -0.4 is 24.3 Å². The number of carbonyl (C=O) groups is 1. The number of pyridine rings is 1. The molecule has 0 aliphatic carbocycles. The van der Waals surface area contributed by atoms with Crippen LogP contribution in [0, 0.1) is 0 Å². The normalized spacial score (nSPS) is 12.2. The Bertz CT molecular complexity index is 988. The van der Waals surface area contributed by atoms with Gasteiger partial charge in [0, 0.05) is 6.07 Å². The molecular formula is C21H18N2O5. The zero-order valence-electron chi connectivity index (χ0n) is 15.2. The van der Waals surface area contributed by atoms with E-state index in [4.69, 9.17) is 18.9 Å². The maximum Gasteiger partial charge on any atom is 0.259 e. The van der Waals surface area contributed by atoms with E-state index < -0.39 is 0 Å². The van der Waals surface area contributed by atoms with Crippen LogP contribution in [0.25, 0.3) is 0 Å². The van der Waals surface area contributed by atoms with E-state index in [1.807, 2.05) is 12.1 Å². The lowest BCUT2D eigenvalue weighted by Gasteiger charge is -2.20. The molecule has 0 atom stereocenters. The monoisotopic (exact) mass is 378 g/mol. The molecule has 0 bridgehead atoms. The number of anilines is 1. The average molecular weight is 378 g/mol. The average Bonchev–Trinajstić information content (AvgIpc) is 2.75. The van der Waals surface area contributed by atoms with Gasteiger partial charge in [-0.1, -0.05) is 18.2 Å². The van der Waals surface area contributed by atoms with Gasteiger partial charge in [0.2, 0.25) is 5.88 Å². The van der Waals surface area contributed by atoms with E-state index in [-0.39, 0.29) is 5.91 Å². The molecule has 0 unspecified atom stereocenters. The molecule has 1 aliphatic heterocycles. The second-order valence-electron chi connectivity index (χ2n) is 5.92. The zero-order valence-corrected chi connectivity index (χ0v) is 15.2. The van der Waals surface area contributed by atoms with E-state index >= 15 is 0 Å². The summed E-state index contributed by atoms with van der Waals surface area (Å²) in [5, 5.41) is 2.80. The summed E-state index contributed by atoms with van der Waals surface area (Å²) in [4.78, 5) is 16.9. The molecule has 0 fully saturated rings. The van der Waals surface area contributed by atoms with Crippen LogP contribution in [0.15, 0.2) is 60.8 Å². The Labute approximate surface area is 161 Å². The summed E-state index contributed by atoms with van der Waals surface area (Å²) in [6.07, 6.45) is 1.52. The van der Waals surface area contributed by atoms with Gasteiger partial charge in [-0.15, -0.1) is 0 Å². The van der Waals surface area contributed by atoms with Crippen molar-refractivity contribution in [3.05, 3.63) is 66.4 Å². The predicted octanol–water partition coefficient (Wildman–Crippen LogP) is 3.91. The Morgan fingerprint density at radius 2 is 1.82 bits per heavy atom. The molecule has 142 valence electrons. The number of amides is 1. The van der Waals surface area contributed by atoms with Crippen LogP contribution in [0.4, 0.5) is 5.69 Å². The maximum atomic E-state index is 12.6. The summed E-state index contributed by atoms with van der Waals surface area (Å²) in [7, 11) is 1.57. The van der Waals surface area contributed by atoms with E-state index in [2.05, 4.69) is 10.3 Å². The smallest absolute Gasteiger partial charge is 0.259 e. The molecule has 4 rings (SSSR count). The molecule has 0 saturated carbocycles. The minimum absolute atomic E-state index is 0.303.